The van der Waals surface area contributed by atoms with E-state index in [-0.39, 0.29) is 36.2 Å². The van der Waals surface area contributed by atoms with Crippen molar-refractivity contribution >= 4 is 23.9 Å². The van der Waals surface area contributed by atoms with Crippen LogP contribution in [-0.2, 0) is 28.6 Å². The van der Waals surface area contributed by atoms with Crippen molar-refractivity contribution in [3.63, 3.8) is 0 Å². The maximum atomic E-state index is 13.5. The smallest absolute Gasteiger partial charge is 0.408 e. The third-order valence-electron chi connectivity index (χ3n) is 7.93. The zero-order valence-corrected chi connectivity index (χ0v) is 22.9. The van der Waals surface area contributed by atoms with Crippen LogP contribution in [-0.4, -0.2) is 67.9 Å². The maximum absolute atomic E-state index is 13.5. The quantitative estimate of drug-likeness (QED) is 0.340. The van der Waals surface area contributed by atoms with E-state index in [2.05, 4.69) is 22.9 Å². The van der Waals surface area contributed by atoms with E-state index in [9.17, 15) is 24.4 Å². The third kappa shape index (κ3) is 8.06. The molecule has 2 heterocycles. The van der Waals surface area contributed by atoms with Crippen molar-refractivity contribution in [2.75, 3.05) is 19.8 Å². The van der Waals surface area contributed by atoms with Crippen LogP contribution in [0, 0.1) is 40.9 Å². The number of esters is 1. The first-order valence-corrected chi connectivity index (χ1v) is 13.8. The molecule has 0 spiro atoms. The van der Waals surface area contributed by atoms with E-state index in [0.717, 1.165) is 12.8 Å². The van der Waals surface area contributed by atoms with E-state index in [4.69, 9.17) is 14.2 Å². The average Bonchev–Trinajstić information content (AvgIpc) is 3.30. The standard InChI is InChI=1S/C27H42N4O7/c1-15(2)5-6-21(31-27(35)38-24-18-8-10-36-14-20(24)16(3)11-18)26(34)30-22(23(13-28)37-17(4)32)12-19-7-9-29-25(19)33/h15-16,18-24H,5-12,14H2,1-4H3,(H,29,33)(H,30,34)(H,31,35)/t16?,18?,19?,20-,21+,22+,23?,24+/m1/s1. The number of fused-ring (bicyclic) bond motifs is 2. The molecular formula is C27H42N4O7. The molecule has 38 heavy (non-hydrogen) atoms. The van der Waals surface area contributed by atoms with Gasteiger partial charge in [0, 0.05) is 31.9 Å². The Balaban J connectivity index is 1.71. The summed E-state index contributed by atoms with van der Waals surface area (Å²) in [6.07, 6.45) is 1.32. The summed E-state index contributed by atoms with van der Waals surface area (Å²) >= 11 is 0. The molecule has 3 N–H and O–H groups in total. The molecule has 8 atom stereocenters. The largest absolute Gasteiger partial charge is 0.446 e. The molecule has 1 aliphatic carbocycles. The fraction of sp³-hybridized carbons (Fsp3) is 0.815. The van der Waals surface area contributed by atoms with Crippen LogP contribution in [0.25, 0.3) is 0 Å². The number of nitriles is 1. The summed E-state index contributed by atoms with van der Waals surface area (Å²) in [6, 6.07) is 0.0907. The molecule has 3 rings (SSSR count). The summed E-state index contributed by atoms with van der Waals surface area (Å²) < 4.78 is 16.7. The predicted molar refractivity (Wildman–Crippen MR) is 136 cm³/mol. The Bertz CT molecular complexity index is 904. The van der Waals surface area contributed by atoms with Gasteiger partial charge in [-0.25, -0.2) is 4.79 Å². The van der Waals surface area contributed by atoms with E-state index in [1.54, 1.807) is 0 Å². The number of nitrogens with zero attached hydrogens (tertiary/aromatic N) is 1. The molecule has 3 fully saturated rings. The van der Waals surface area contributed by atoms with Crippen molar-refractivity contribution in [1.82, 2.24) is 16.0 Å². The Labute approximate surface area is 224 Å². The van der Waals surface area contributed by atoms with Crippen LogP contribution in [0.2, 0.25) is 0 Å². The highest BCUT2D eigenvalue weighted by molar-refractivity contribution is 5.86. The molecule has 0 radical (unpaired) electrons. The first-order chi connectivity index (χ1) is 18.1. The van der Waals surface area contributed by atoms with Gasteiger partial charge >= 0.3 is 12.1 Å². The van der Waals surface area contributed by atoms with Crippen LogP contribution in [0.3, 0.4) is 0 Å². The number of alkyl carbamates (subject to hydrolysis) is 1. The Kier molecular flexibility index (Phi) is 10.8. The van der Waals surface area contributed by atoms with Crippen LogP contribution in [0.5, 0.6) is 0 Å². The fourth-order valence-corrected chi connectivity index (χ4v) is 5.80. The minimum absolute atomic E-state index is 0.123. The van der Waals surface area contributed by atoms with Crippen LogP contribution in [0.4, 0.5) is 4.79 Å². The van der Waals surface area contributed by atoms with Gasteiger partial charge in [0.05, 0.1) is 12.6 Å². The minimum atomic E-state index is -1.27. The van der Waals surface area contributed by atoms with Gasteiger partial charge in [0.1, 0.15) is 18.2 Å². The molecule has 212 valence electrons. The SMILES string of the molecule is CC(=O)OC(C#N)[C@H](CC1CCNC1=O)NC(=O)[C@H](CCC(C)C)NC(=O)O[C@H]1C2CCOC[C@@H]1C(C)C2. The number of ether oxygens (including phenoxy) is 3. The van der Waals surface area contributed by atoms with E-state index < -0.39 is 42.1 Å². The summed E-state index contributed by atoms with van der Waals surface area (Å²) in [5.41, 5.74) is 0. The Morgan fingerprint density at radius 2 is 1.97 bits per heavy atom. The topological polar surface area (TPSA) is 156 Å². The highest BCUT2D eigenvalue weighted by atomic mass is 16.6. The van der Waals surface area contributed by atoms with Gasteiger partial charge in [-0.3, -0.25) is 14.4 Å². The van der Waals surface area contributed by atoms with Crippen LogP contribution < -0.4 is 16.0 Å². The molecule has 0 aromatic heterocycles. The number of carbonyl (C=O) groups is 4. The zero-order chi connectivity index (χ0) is 27.8. The van der Waals surface area contributed by atoms with Gasteiger partial charge < -0.3 is 30.2 Å². The molecule has 0 aromatic rings. The molecule has 0 aromatic carbocycles. The Morgan fingerprint density at radius 1 is 1.21 bits per heavy atom. The third-order valence-corrected chi connectivity index (χ3v) is 7.93. The van der Waals surface area contributed by atoms with Gasteiger partial charge in [0.25, 0.3) is 0 Å². The number of rotatable bonds is 11. The van der Waals surface area contributed by atoms with Gasteiger partial charge in [0.15, 0.2) is 0 Å². The number of amides is 3. The van der Waals surface area contributed by atoms with Crippen molar-refractivity contribution in [2.24, 2.45) is 29.6 Å². The van der Waals surface area contributed by atoms with E-state index in [1.807, 2.05) is 19.9 Å². The number of hydrogen-bond acceptors (Lipinski definition) is 8. The summed E-state index contributed by atoms with van der Waals surface area (Å²) in [4.78, 5) is 50.3. The van der Waals surface area contributed by atoms with Crippen molar-refractivity contribution < 1.29 is 33.4 Å². The molecule has 11 heteroatoms. The van der Waals surface area contributed by atoms with E-state index >= 15 is 0 Å². The lowest BCUT2D eigenvalue weighted by Gasteiger charge is -2.28. The van der Waals surface area contributed by atoms with Gasteiger partial charge in [-0.15, -0.1) is 0 Å². The van der Waals surface area contributed by atoms with Crippen molar-refractivity contribution in [3.05, 3.63) is 0 Å². The van der Waals surface area contributed by atoms with Crippen molar-refractivity contribution in [2.45, 2.75) is 90.5 Å². The molecule has 1 saturated carbocycles. The molecule has 4 unspecified atom stereocenters. The first-order valence-electron chi connectivity index (χ1n) is 13.8. The van der Waals surface area contributed by atoms with Crippen LogP contribution in [0.1, 0.15) is 66.2 Å². The maximum Gasteiger partial charge on any atom is 0.408 e. The molecule has 3 aliphatic rings. The lowest BCUT2D eigenvalue weighted by atomic mass is 9.94. The number of nitrogens with one attached hydrogen (secondary N) is 3. The van der Waals surface area contributed by atoms with E-state index in [0.29, 0.717) is 44.9 Å². The molecule has 2 bridgehead atoms. The monoisotopic (exact) mass is 534 g/mol. The van der Waals surface area contributed by atoms with Gasteiger partial charge in [-0.2, -0.15) is 5.26 Å². The number of carbonyl (C=O) groups excluding carboxylic acids is 4. The highest BCUT2D eigenvalue weighted by Gasteiger charge is 2.45. The normalized spacial score (nSPS) is 28.8. The molecule has 2 aliphatic heterocycles. The molecule has 11 nitrogen and oxygen atoms in total. The summed E-state index contributed by atoms with van der Waals surface area (Å²) in [6.45, 7) is 9.07. The Morgan fingerprint density at radius 3 is 2.61 bits per heavy atom. The summed E-state index contributed by atoms with van der Waals surface area (Å²) in [7, 11) is 0. The lowest BCUT2D eigenvalue weighted by molar-refractivity contribution is -0.146. The van der Waals surface area contributed by atoms with Crippen LogP contribution >= 0.6 is 0 Å². The first kappa shape index (κ1) is 29.7. The summed E-state index contributed by atoms with van der Waals surface area (Å²) in [5, 5.41) is 17.9. The van der Waals surface area contributed by atoms with Gasteiger partial charge in [0.2, 0.25) is 17.9 Å². The fourth-order valence-electron chi connectivity index (χ4n) is 5.80. The lowest BCUT2D eigenvalue weighted by Crippen LogP contribution is -2.54. The van der Waals surface area contributed by atoms with E-state index in [1.165, 1.54) is 6.92 Å². The second kappa shape index (κ2) is 13.8. The Hall–Kier alpha value is -2.87. The second-order valence-electron chi connectivity index (χ2n) is 11.3. The van der Waals surface area contributed by atoms with Crippen molar-refractivity contribution in [3.8, 4) is 6.07 Å². The molecule has 2 saturated heterocycles. The molecule has 3 amide bonds. The second-order valence-corrected chi connectivity index (χ2v) is 11.3. The predicted octanol–water partition coefficient (Wildman–Crippen LogP) is 2.04. The average molecular weight is 535 g/mol. The highest BCUT2D eigenvalue weighted by Crippen LogP contribution is 2.42. The van der Waals surface area contributed by atoms with Gasteiger partial charge in [-0.1, -0.05) is 20.8 Å². The van der Waals surface area contributed by atoms with Gasteiger partial charge in [-0.05, 0) is 56.3 Å². The van der Waals surface area contributed by atoms with Crippen molar-refractivity contribution in [1.29, 1.82) is 5.26 Å². The molecular weight excluding hydrogens is 492 g/mol. The summed E-state index contributed by atoms with van der Waals surface area (Å²) in [5.74, 6) is -0.751. The van der Waals surface area contributed by atoms with Crippen LogP contribution in [0.15, 0.2) is 0 Å². The number of hydrogen-bond donors (Lipinski definition) is 3. The zero-order valence-electron chi connectivity index (χ0n) is 22.9. The minimum Gasteiger partial charge on any atom is -0.446 e.